The molecule has 0 radical (unpaired) electrons. The molecule has 1 aromatic carbocycles. The van der Waals surface area contributed by atoms with Crippen LogP contribution in [0.4, 0.5) is 0 Å². The fourth-order valence-corrected chi connectivity index (χ4v) is 2.02. The van der Waals surface area contributed by atoms with Gasteiger partial charge in [-0.05, 0) is 37.2 Å². The van der Waals surface area contributed by atoms with Crippen molar-refractivity contribution < 1.29 is 9.90 Å². The van der Waals surface area contributed by atoms with Crippen LogP contribution in [0.3, 0.4) is 0 Å². The van der Waals surface area contributed by atoms with Crippen molar-refractivity contribution in [1.29, 1.82) is 0 Å². The van der Waals surface area contributed by atoms with E-state index in [0.717, 1.165) is 5.69 Å². The summed E-state index contributed by atoms with van der Waals surface area (Å²) in [5.74, 6) is -0.940. The van der Waals surface area contributed by atoms with Gasteiger partial charge in [0.1, 0.15) is 0 Å². The van der Waals surface area contributed by atoms with Gasteiger partial charge in [-0.3, -0.25) is 0 Å². The SMILES string of the molecule is NCC/C=C(/Cc1cn(-c2ccc(Cl)cc2)cn1)C(=O)O. The number of hydrogen-bond acceptors (Lipinski definition) is 3. The summed E-state index contributed by atoms with van der Waals surface area (Å²) < 4.78 is 1.83. The van der Waals surface area contributed by atoms with Gasteiger partial charge < -0.3 is 15.4 Å². The highest BCUT2D eigenvalue weighted by molar-refractivity contribution is 6.30. The van der Waals surface area contributed by atoms with Crippen molar-refractivity contribution in [3.63, 3.8) is 0 Å². The van der Waals surface area contributed by atoms with Crippen molar-refractivity contribution in [2.24, 2.45) is 5.73 Å². The second-order valence-electron chi connectivity index (χ2n) is 4.54. The molecule has 0 aliphatic carbocycles. The molecule has 1 aromatic heterocycles. The molecule has 3 N–H and O–H groups in total. The minimum absolute atomic E-state index is 0.274. The van der Waals surface area contributed by atoms with E-state index in [-0.39, 0.29) is 6.42 Å². The number of aliphatic carboxylic acids is 1. The van der Waals surface area contributed by atoms with E-state index >= 15 is 0 Å². The van der Waals surface area contributed by atoms with Gasteiger partial charge in [0.25, 0.3) is 0 Å². The lowest BCUT2D eigenvalue weighted by Crippen LogP contribution is -2.06. The maximum atomic E-state index is 11.2. The summed E-state index contributed by atoms with van der Waals surface area (Å²) in [7, 11) is 0. The van der Waals surface area contributed by atoms with E-state index in [1.54, 1.807) is 24.5 Å². The Bertz CT molecular complexity index is 647. The summed E-state index contributed by atoms with van der Waals surface area (Å²) in [4.78, 5) is 15.4. The van der Waals surface area contributed by atoms with Crippen molar-refractivity contribution in [3.05, 3.63) is 59.2 Å². The van der Waals surface area contributed by atoms with Gasteiger partial charge in [-0.1, -0.05) is 17.7 Å². The van der Waals surface area contributed by atoms with Crippen LogP contribution < -0.4 is 5.73 Å². The fraction of sp³-hybridized carbons (Fsp3) is 0.200. The largest absolute Gasteiger partial charge is 0.478 e. The molecule has 2 aromatic rings. The number of aromatic nitrogens is 2. The Labute approximate surface area is 127 Å². The van der Waals surface area contributed by atoms with E-state index in [4.69, 9.17) is 22.4 Å². The van der Waals surface area contributed by atoms with E-state index in [2.05, 4.69) is 4.98 Å². The standard InChI is InChI=1S/C15H16ClN3O2/c16-12-3-5-14(6-4-12)19-9-13(18-10-19)8-11(15(20)21)2-1-7-17/h2-6,9-10H,1,7-8,17H2,(H,20,21)/b11-2-. The zero-order valence-electron chi connectivity index (χ0n) is 11.4. The van der Waals surface area contributed by atoms with Crippen LogP contribution in [-0.2, 0) is 11.2 Å². The Balaban J connectivity index is 2.15. The Hall–Kier alpha value is -2.11. The maximum Gasteiger partial charge on any atom is 0.331 e. The van der Waals surface area contributed by atoms with Crippen LogP contribution in [-0.4, -0.2) is 27.2 Å². The lowest BCUT2D eigenvalue weighted by atomic mass is 10.1. The second-order valence-corrected chi connectivity index (χ2v) is 4.97. The fourth-order valence-electron chi connectivity index (χ4n) is 1.90. The summed E-state index contributed by atoms with van der Waals surface area (Å²) in [5, 5.41) is 9.82. The predicted octanol–water partition coefficient (Wildman–Crippen LogP) is 2.43. The monoisotopic (exact) mass is 305 g/mol. The average molecular weight is 306 g/mol. The van der Waals surface area contributed by atoms with Crippen LogP contribution >= 0.6 is 11.6 Å². The molecule has 0 spiro atoms. The van der Waals surface area contributed by atoms with Gasteiger partial charge in [-0.15, -0.1) is 0 Å². The third-order valence-corrected chi connectivity index (χ3v) is 3.22. The summed E-state index contributed by atoms with van der Waals surface area (Å²) in [6.45, 7) is 0.427. The number of halogens is 1. The number of carboxylic acid groups (broad SMARTS) is 1. The first-order valence-corrected chi connectivity index (χ1v) is 6.89. The van der Waals surface area contributed by atoms with Gasteiger partial charge in [0.2, 0.25) is 0 Å². The molecule has 110 valence electrons. The highest BCUT2D eigenvalue weighted by Gasteiger charge is 2.10. The molecule has 0 saturated heterocycles. The smallest absolute Gasteiger partial charge is 0.331 e. The van der Waals surface area contributed by atoms with Gasteiger partial charge in [-0.25, -0.2) is 9.78 Å². The van der Waals surface area contributed by atoms with Crippen LogP contribution in [0.25, 0.3) is 5.69 Å². The van der Waals surface area contributed by atoms with Crippen LogP contribution in [0.5, 0.6) is 0 Å². The maximum absolute atomic E-state index is 11.2. The second kappa shape index (κ2) is 7.06. The summed E-state index contributed by atoms with van der Waals surface area (Å²) in [6.07, 6.45) is 5.92. The molecule has 0 fully saturated rings. The molecule has 0 aliphatic rings. The van der Waals surface area contributed by atoms with Crippen molar-refractivity contribution in [3.8, 4) is 5.69 Å². The minimum Gasteiger partial charge on any atom is -0.478 e. The molecule has 6 heteroatoms. The molecule has 0 saturated carbocycles. The summed E-state index contributed by atoms with van der Waals surface area (Å²) in [5.41, 5.74) is 7.31. The number of imidazole rings is 1. The van der Waals surface area contributed by atoms with Crippen LogP contribution in [0, 0.1) is 0 Å². The Morgan fingerprint density at radius 3 is 2.71 bits per heavy atom. The first-order valence-electron chi connectivity index (χ1n) is 6.51. The third-order valence-electron chi connectivity index (χ3n) is 2.96. The molecule has 2 rings (SSSR count). The van der Waals surface area contributed by atoms with E-state index < -0.39 is 5.97 Å². The van der Waals surface area contributed by atoms with E-state index in [0.29, 0.717) is 29.3 Å². The van der Waals surface area contributed by atoms with Crippen molar-refractivity contribution >= 4 is 17.6 Å². The molecule has 21 heavy (non-hydrogen) atoms. The molecule has 0 unspecified atom stereocenters. The number of carbonyl (C=O) groups is 1. The summed E-state index contributed by atoms with van der Waals surface area (Å²) >= 11 is 5.85. The van der Waals surface area contributed by atoms with Crippen molar-refractivity contribution in [1.82, 2.24) is 9.55 Å². The molecular weight excluding hydrogens is 290 g/mol. The Morgan fingerprint density at radius 1 is 1.38 bits per heavy atom. The molecule has 5 nitrogen and oxygen atoms in total. The summed E-state index contributed by atoms with van der Waals surface area (Å²) in [6, 6.07) is 7.33. The van der Waals surface area contributed by atoms with Gasteiger partial charge in [0, 0.05) is 28.9 Å². The normalized spacial score (nSPS) is 11.6. The van der Waals surface area contributed by atoms with Gasteiger partial charge in [-0.2, -0.15) is 0 Å². The lowest BCUT2D eigenvalue weighted by molar-refractivity contribution is -0.132. The number of hydrogen-bond donors (Lipinski definition) is 2. The third kappa shape index (κ3) is 4.18. The highest BCUT2D eigenvalue weighted by atomic mass is 35.5. The molecular formula is C15H16ClN3O2. The van der Waals surface area contributed by atoms with Gasteiger partial charge in [0.15, 0.2) is 0 Å². The van der Waals surface area contributed by atoms with Crippen LogP contribution in [0.15, 0.2) is 48.4 Å². The number of carboxylic acids is 1. The molecule has 0 bridgehead atoms. The Kier molecular flexibility index (Phi) is 5.14. The zero-order valence-corrected chi connectivity index (χ0v) is 12.1. The zero-order chi connectivity index (χ0) is 15.2. The van der Waals surface area contributed by atoms with Crippen molar-refractivity contribution in [2.75, 3.05) is 6.54 Å². The molecule has 0 amide bonds. The predicted molar refractivity (Wildman–Crippen MR) is 81.7 cm³/mol. The molecule has 1 heterocycles. The first kappa shape index (κ1) is 15.3. The number of benzene rings is 1. The quantitative estimate of drug-likeness (QED) is 0.803. The van der Waals surface area contributed by atoms with Crippen LogP contribution in [0.1, 0.15) is 12.1 Å². The topological polar surface area (TPSA) is 81.1 Å². The average Bonchev–Trinajstić information content (AvgIpc) is 2.92. The van der Waals surface area contributed by atoms with Crippen LogP contribution in [0.2, 0.25) is 5.02 Å². The molecule has 0 aliphatic heterocycles. The minimum atomic E-state index is -0.940. The number of rotatable bonds is 6. The van der Waals surface area contributed by atoms with E-state index in [9.17, 15) is 4.79 Å². The highest BCUT2D eigenvalue weighted by Crippen LogP contribution is 2.15. The van der Waals surface area contributed by atoms with Gasteiger partial charge >= 0.3 is 5.97 Å². The van der Waals surface area contributed by atoms with Gasteiger partial charge in [0.05, 0.1) is 12.0 Å². The lowest BCUT2D eigenvalue weighted by Gasteiger charge is -2.02. The molecule has 0 atom stereocenters. The number of nitrogens with zero attached hydrogens (tertiary/aromatic N) is 2. The van der Waals surface area contributed by atoms with E-state index in [1.165, 1.54) is 0 Å². The van der Waals surface area contributed by atoms with Crippen molar-refractivity contribution in [2.45, 2.75) is 12.8 Å². The number of nitrogens with two attached hydrogens (primary N) is 1. The first-order chi connectivity index (χ1) is 10.1. The Morgan fingerprint density at radius 2 is 2.10 bits per heavy atom. The van der Waals surface area contributed by atoms with E-state index in [1.807, 2.05) is 22.9 Å².